The van der Waals surface area contributed by atoms with Gasteiger partial charge in [-0.05, 0) is 108 Å². The summed E-state index contributed by atoms with van der Waals surface area (Å²) in [7, 11) is 0. The van der Waals surface area contributed by atoms with Crippen molar-refractivity contribution < 1.29 is 37.8 Å². The van der Waals surface area contributed by atoms with Crippen LogP contribution in [0.25, 0.3) is 10.9 Å². The number of alkyl halides is 1. The molecule has 11 nitrogen and oxygen atoms in total. The summed E-state index contributed by atoms with van der Waals surface area (Å²) in [5.41, 5.74) is 1.01. The molecule has 2 aromatic rings. The minimum atomic E-state index is -0.699. The highest BCUT2D eigenvalue weighted by molar-refractivity contribution is 6.01. The lowest BCUT2D eigenvalue weighted by Crippen LogP contribution is -2.50. The van der Waals surface area contributed by atoms with E-state index < -0.39 is 36.4 Å². The first kappa shape index (κ1) is 37.1. The van der Waals surface area contributed by atoms with E-state index in [1.54, 1.807) is 26.8 Å². The Morgan fingerprint density at radius 1 is 0.980 bits per heavy atom. The number of carbonyl (C=O) groups is 4. The number of anilines is 1. The van der Waals surface area contributed by atoms with Gasteiger partial charge in [0.05, 0.1) is 12.1 Å². The second-order valence-electron chi connectivity index (χ2n) is 16.1. The summed E-state index contributed by atoms with van der Waals surface area (Å²) in [5, 5.41) is 6.59. The van der Waals surface area contributed by atoms with Gasteiger partial charge in [-0.3, -0.25) is 9.59 Å². The molecule has 51 heavy (non-hydrogen) atoms. The molecule has 0 spiro atoms. The standard InChI is InChI=1S/C39H55FN4O7/c1-39(2,3)51-38(48)43-33(22-40)25-11-13-26(14-12-25)36(46)44-18-17-30(24-8-5-4-6-9-24)34(44)35(45)41-28-15-16-31-27(20-28)21-32(42-31)37(47)50-23-29-10-7-19-49-29/h15-16,20-21,24-26,29-30,33-34,42H,4-14,17-19,22-23H2,1-3H3,(H,41,45)(H,43,48)/t25?,26?,29?,30-,33+,34+/m0/s1. The van der Waals surface area contributed by atoms with Crippen LogP contribution in [0.15, 0.2) is 24.3 Å². The molecule has 6 rings (SSSR count). The fourth-order valence-corrected chi connectivity index (χ4v) is 8.76. The number of aromatic amines is 1. The number of halogens is 1. The van der Waals surface area contributed by atoms with E-state index in [2.05, 4.69) is 15.6 Å². The third kappa shape index (κ3) is 9.23. The van der Waals surface area contributed by atoms with E-state index in [9.17, 15) is 23.6 Å². The van der Waals surface area contributed by atoms with Crippen LogP contribution < -0.4 is 10.6 Å². The van der Waals surface area contributed by atoms with Crippen LogP contribution in [-0.2, 0) is 23.8 Å². The minimum absolute atomic E-state index is 0.00365. The molecule has 2 aliphatic carbocycles. The lowest BCUT2D eigenvalue weighted by atomic mass is 9.76. The fourth-order valence-electron chi connectivity index (χ4n) is 8.76. The Kier molecular flexibility index (Phi) is 11.9. The summed E-state index contributed by atoms with van der Waals surface area (Å²) in [6, 6.07) is 5.97. The Morgan fingerprint density at radius 2 is 1.75 bits per heavy atom. The molecule has 2 saturated carbocycles. The summed E-state index contributed by atoms with van der Waals surface area (Å²) >= 11 is 0. The zero-order valence-corrected chi connectivity index (χ0v) is 30.3. The molecular formula is C39H55FN4O7. The van der Waals surface area contributed by atoms with Crippen LogP contribution >= 0.6 is 0 Å². The number of ether oxygens (including phenoxy) is 3. The van der Waals surface area contributed by atoms with Crippen LogP contribution in [0.2, 0.25) is 0 Å². The highest BCUT2D eigenvalue weighted by atomic mass is 19.1. The number of rotatable bonds is 10. The summed E-state index contributed by atoms with van der Waals surface area (Å²) in [4.78, 5) is 58.4. The first-order valence-electron chi connectivity index (χ1n) is 19.1. The molecule has 4 fully saturated rings. The normalized spacial score (nSPS) is 26.5. The number of nitrogens with zero attached hydrogens (tertiary/aromatic N) is 1. The first-order valence-corrected chi connectivity index (χ1v) is 19.1. The molecule has 3 amide bonds. The molecule has 1 aromatic carbocycles. The van der Waals surface area contributed by atoms with Gasteiger partial charge in [0.15, 0.2) is 0 Å². The Balaban J connectivity index is 1.11. The number of benzene rings is 1. The average Bonchev–Trinajstić information content (AvgIpc) is 3.89. The van der Waals surface area contributed by atoms with Gasteiger partial charge < -0.3 is 34.7 Å². The van der Waals surface area contributed by atoms with Crippen molar-refractivity contribution in [1.29, 1.82) is 0 Å². The molecule has 2 aliphatic heterocycles. The van der Waals surface area contributed by atoms with Crippen LogP contribution in [0.5, 0.6) is 0 Å². The van der Waals surface area contributed by atoms with Gasteiger partial charge in [-0.1, -0.05) is 32.1 Å². The molecule has 4 aliphatic rings. The second-order valence-corrected chi connectivity index (χ2v) is 16.1. The predicted molar refractivity (Wildman–Crippen MR) is 191 cm³/mol. The maximum Gasteiger partial charge on any atom is 0.407 e. The summed E-state index contributed by atoms with van der Waals surface area (Å²) < 4.78 is 30.4. The van der Waals surface area contributed by atoms with Gasteiger partial charge in [0, 0.05) is 35.7 Å². The lowest BCUT2D eigenvalue weighted by molar-refractivity contribution is -0.142. The Hall–Kier alpha value is -3.67. The van der Waals surface area contributed by atoms with Gasteiger partial charge in [0.1, 0.15) is 30.6 Å². The maximum absolute atomic E-state index is 14.2. The molecule has 0 bridgehead atoms. The molecular weight excluding hydrogens is 655 g/mol. The molecule has 3 N–H and O–H groups in total. The number of alkyl carbamates (subject to hydrolysis) is 1. The van der Waals surface area contributed by atoms with Crippen LogP contribution in [0, 0.1) is 23.7 Å². The van der Waals surface area contributed by atoms with Crippen molar-refractivity contribution in [2.75, 3.05) is 31.7 Å². The Morgan fingerprint density at radius 3 is 2.43 bits per heavy atom. The first-order chi connectivity index (χ1) is 24.5. The molecule has 1 aromatic heterocycles. The number of carbonyl (C=O) groups excluding carboxylic acids is 4. The van der Waals surface area contributed by atoms with Gasteiger partial charge in [-0.15, -0.1) is 0 Å². The Labute approximate surface area is 300 Å². The van der Waals surface area contributed by atoms with E-state index in [-0.39, 0.29) is 42.3 Å². The van der Waals surface area contributed by atoms with Crippen LogP contribution in [0.3, 0.4) is 0 Å². The van der Waals surface area contributed by atoms with Crippen LogP contribution in [0.1, 0.15) is 108 Å². The SMILES string of the molecule is CC(C)(C)OC(=O)N[C@H](CF)C1CCC(C(=O)N2CC[C@@H](C3CCCCC3)[C@@H]2C(=O)Nc2ccc3[nH]c(C(=O)OCC4CCCO4)cc3c2)CC1. The number of likely N-dealkylation sites (tertiary alicyclic amines) is 1. The quantitative estimate of drug-likeness (QED) is 0.228. The van der Waals surface area contributed by atoms with Crippen molar-refractivity contribution in [3.63, 3.8) is 0 Å². The highest BCUT2D eigenvalue weighted by Gasteiger charge is 2.47. The largest absolute Gasteiger partial charge is 0.458 e. The summed E-state index contributed by atoms with van der Waals surface area (Å²) in [5.74, 6) is -0.504. The molecule has 12 heteroatoms. The molecule has 2 saturated heterocycles. The van der Waals surface area contributed by atoms with Crippen molar-refractivity contribution >= 4 is 40.5 Å². The monoisotopic (exact) mass is 710 g/mol. The van der Waals surface area contributed by atoms with Crippen molar-refractivity contribution in [2.24, 2.45) is 23.7 Å². The van der Waals surface area contributed by atoms with E-state index in [1.807, 2.05) is 23.1 Å². The van der Waals surface area contributed by atoms with Crippen LogP contribution in [0.4, 0.5) is 14.9 Å². The number of aromatic nitrogens is 1. The smallest absolute Gasteiger partial charge is 0.407 e. The zero-order chi connectivity index (χ0) is 36.1. The number of hydrogen-bond donors (Lipinski definition) is 3. The van der Waals surface area contributed by atoms with Crippen molar-refractivity contribution in [3.8, 4) is 0 Å². The molecule has 1 unspecified atom stereocenters. The maximum atomic E-state index is 14.2. The number of fused-ring (bicyclic) bond motifs is 1. The molecule has 4 atom stereocenters. The van der Waals surface area contributed by atoms with Gasteiger partial charge >= 0.3 is 12.1 Å². The Bertz CT molecular complexity index is 1540. The van der Waals surface area contributed by atoms with E-state index in [0.717, 1.165) is 55.8 Å². The van der Waals surface area contributed by atoms with E-state index >= 15 is 0 Å². The van der Waals surface area contributed by atoms with E-state index in [0.29, 0.717) is 56.1 Å². The van der Waals surface area contributed by atoms with Crippen molar-refractivity contribution in [3.05, 3.63) is 30.0 Å². The topological polar surface area (TPSA) is 139 Å². The molecule has 3 heterocycles. The van der Waals surface area contributed by atoms with E-state index in [1.165, 1.54) is 6.42 Å². The number of nitrogens with one attached hydrogen (secondary N) is 3. The second kappa shape index (κ2) is 16.3. The van der Waals surface area contributed by atoms with Crippen molar-refractivity contribution in [2.45, 2.75) is 122 Å². The van der Waals surface area contributed by atoms with Crippen molar-refractivity contribution in [1.82, 2.24) is 15.2 Å². The van der Waals surface area contributed by atoms with Crippen LogP contribution in [-0.4, -0.2) is 84.0 Å². The molecule has 0 radical (unpaired) electrons. The highest BCUT2D eigenvalue weighted by Crippen LogP contribution is 2.41. The average molecular weight is 711 g/mol. The minimum Gasteiger partial charge on any atom is -0.458 e. The van der Waals surface area contributed by atoms with Gasteiger partial charge in [0.25, 0.3) is 0 Å². The number of amides is 3. The third-order valence-corrected chi connectivity index (χ3v) is 11.3. The summed E-state index contributed by atoms with van der Waals surface area (Å²) in [6.07, 6.45) is 9.95. The molecule has 280 valence electrons. The lowest BCUT2D eigenvalue weighted by Gasteiger charge is -2.37. The van der Waals surface area contributed by atoms with Gasteiger partial charge in [-0.2, -0.15) is 0 Å². The fraction of sp³-hybridized carbons (Fsp3) is 0.692. The van der Waals surface area contributed by atoms with E-state index in [4.69, 9.17) is 14.2 Å². The number of H-pyrrole nitrogens is 1. The van der Waals surface area contributed by atoms with Gasteiger partial charge in [-0.25, -0.2) is 14.0 Å². The predicted octanol–water partition coefficient (Wildman–Crippen LogP) is 6.91. The summed E-state index contributed by atoms with van der Waals surface area (Å²) in [6.45, 7) is 6.06. The number of esters is 1. The zero-order valence-electron chi connectivity index (χ0n) is 30.3. The third-order valence-electron chi connectivity index (χ3n) is 11.3. The van der Waals surface area contributed by atoms with Gasteiger partial charge in [0.2, 0.25) is 11.8 Å². The number of hydrogen-bond acceptors (Lipinski definition) is 7.